The molecule has 3 rings (SSSR count). The molecule has 2 saturated heterocycles. The van der Waals surface area contributed by atoms with Crippen molar-refractivity contribution in [3.63, 3.8) is 0 Å². The van der Waals surface area contributed by atoms with E-state index >= 15 is 0 Å². The normalized spacial score (nSPS) is 22.9. The van der Waals surface area contributed by atoms with E-state index in [4.69, 9.17) is 0 Å². The molecule has 0 spiro atoms. The molecule has 2 N–H and O–H groups in total. The fraction of sp³-hybridized carbons (Fsp3) is 0.786. The quantitative estimate of drug-likeness (QED) is 0.416. The van der Waals surface area contributed by atoms with E-state index in [9.17, 15) is 0 Å². The van der Waals surface area contributed by atoms with Gasteiger partial charge in [0.2, 0.25) is 0 Å². The summed E-state index contributed by atoms with van der Waals surface area (Å²) in [7, 11) is 0. The summed E-state index contributed by atoms with van der Waals surface area (Å²) in [6.07, 6.45) is 13.2. The van der Waals surface area contributed by atoms with Gasteiger partial charge < -0.3 is 20.4 Å². The topological polar surface area (TPSA) is 30.5 Å². The van der Waals surface area contributed by atoms with Crippen molar-refractivity contribution in [3.8, 4) is 0 Å². The Labute approximate surface area is 198 Å². The molecule has 0 saturated carbocycles. The number of benzene rings is 1. The summed E-state index contributed by atoms with van der Waals surface area (Å²) in [6, 6.07) is 10.9. The molecular formula is C28H50N4. The van der Waals surface area contributed by atoms with E-state index in [1.54, 1.807) is 0 Å². The molecular weight excluding hydrogens is 392 g/mol. The van der Waals surface area contributed by atoms with E-state index in [0.29, 0.717) is 0 Å². The predicted octanol–water partition coefficient (Wildman–Crippen LogP) is 4.48. The minimum atomic E-state index is 0.792. The zero-order valence-electron chi connectivity index (χ0n) is 21.1. The lowest BCUT2D eigenvalue weighted by atomic mass is 10.0. The van der Waals surface area contributed by atoms with Crippen LogP contribution in [0.25, 0.3) is 0 Å². The molecule has 2 heterocycles. The van der Waals surface area contributed by atoms with Crippen molar-refractivity contribution in [3.05, 3.63) is 35.4 Å². The minimum Gasteiger partial charge on any atom is -0.316 e. The van der Waals surface area contributed by atoms with Gasteiger partial charge in [0.05, 0.1) is 0 Å². The van der Waals surface area contributed by atoms with Crippen LogP contribution in [0.3, 0.4) is 0 Å². The van der Waals surface area contributed by atoms with Crippen LogP contribution < -0.4 is 10.6 Å². The van der Waals surface area contributed by atoms with Crippen LogP contribution in [0.15, 0.2) is 24.3 Å². The maximum Gasteiger partial charge on any atom is 0.00669 e. The Morgan fingerprint density at radius 2 is 1.09 bits per heavy atom. The largest absolute Gasteiger partial charge is 0.316 e. The predicted molar refractivity (Wildman–Crippen MR) is 139 cm³/mol. The second-order valence-electron chi connectivity index (χ2n) is 10.3. The summed E-state index contributed by atoms with van der Waals surface area (Å²) in [5.74, 6) is 0. The summed E-state index contributed by atoms with van der Waals surface area (Å²) >= 11 is 0. The zero-order valence-corrected chi connectivity index (χ0v) is 21.1. The summed E-state index contributed by atoms with van der Waals surface area (Å²) in [5.41, 5.74) is 2.91. The zero-order chi connectivity index (χ0) is 22.4. The van der Waals surface area contributed by atoms with Crippen molar-refractivity contribution in [2.24, 2.45) is 0 Å². The highest BCUT2D eigenvalue weighted by atomic mass is 15.2. The van der Waals surface area contributed by atoms with Crippen LogP contribution >= 0.6 is 0 Å². The van der Waals surface area contributed by atoms with E-state index in [1.807, 2.05) is 0 Å². The molecule has 32 heavy (non-hydrogen) atoms. The lowest BCUT2D eigenvalue weighted by molar-refractivity contribution is 0.159. The van der Waals surface area contributed by atoms with Crippen LogP contribution in [0.1, 0.15) is 76.3 Å². The molecule has 4 nitrogen and oxygen atoms in total. The third-order valence-electron chi connectivity index (χ3n) is 7.68. The van der Waals surface area contributed by atoms with Gasteiger partial charge >= 0.3 is 0 Å². The maximum atomic E-state index is 3.64. The molecule has 2 aliphatic rings. The van der Waals surface area contributed by atoms with Gasteiger partial charge in [-0.1, -0.05) is 37.1 Å². The van der Waals surface area contributed by atoms with Crippen LogP contribution in [-0.4, -0.2) is 74.2 Å². The number of likely N-dealkylation sites (tertiary alicyclic amines) is 2. The standard InChI is InChI=1S/C28H50N4/c1-25-9-3-5-21-31(25)23-7-17-29-19-15-27-11-13-28(14-12-27)16-20-30-18-8-24-32-22-6-4-10-26(32)2/h11-14,25-26,29-30H,3-10,15-24H2,1-2H3. The summed E-state index contributed by atoms with van der Waals surface area (Å²) in [5, 5.41) is 7.29. The monoisotopic (exact) mass is 442 g/mol. The van der Waals surface area contributed by atoms with Crippen LogP contribution in [0.2, 0.25) is 0 Å². The summed E-state index contributed by atoms with van der Waals surface area (Å²) < 4.78 is 0. The Kier molecular flexibility index (Phi) is 12.1. The molecule has 0 aliphatic carbocycles. The van der Waals surface area contributed by atoms with Crippen LogP contribution in [0, 0.1) is 0 Å². The molecule has 2 aliphatic heterocycles. The molecule has 1 aromatic carbocycles. The lowest BCUT2D eigenvalue weighted by Crippen LogP contribution is -2.39. The van der Waals surface area contributed by atoms with Crippen LogP contribution in [-0.2, 0) is 12.8 Å². The van der Waals surface area contributed by atoms with Gasteiger partial charge in [-0.2, -0.15) is 0 Å². The van der Waals surface area contributed by atoms with Crippen LogP contribution in [0.5, 0.6) is 0 Å². The van der Waals surface area contributed by atoms with Crippen molar-refractivity contribution < 1.29 is 0 Å². The second-order valence-corrected chi connectivity index (χ2v) is 10.3. The number of hydrogen-bond donors (Lipinski definition) is 2. The highest BCUT2D eigenvalue weighted by Crippen LogP contribution is 2.17. The average Bonchev–Trinajstić information content (AvgIpc) is 2.81. The van der Waals surface area contributed by atoms with Gasteiger partial charge in [0.25, 0.3) is 0 Å². The SMILES string of the molecule is CC1CCCCN1CCCNCCc1ccc(CCNCCCN2CCCCC2C)cc1. The minimum absolute atomic E-state index is 0.792. The van der Waals surface area contributed by atoms with Gasteiger partial charge in [0.1, 0.15) is 0 Å². The molecule has 1 aromatic rings. The third-order valence-corrected chi connectivity index (χ3v) is 7.68. The second kappa shape index (κ2) is 15.1. The summed E-state index contributed by atoms with van der Waals surface area (Å²) in [4.78, 5) is 5.35. The van der Waals surface area contributed by atoms with E-state index in [-0.39, 0.29) is 0 Å². The highest BCUT2D eigenvalue weighted by Gasteiger charge is 2.17. The first-order valence-electron chi connectivity index (χ1n) is 13.7. The smallest absolute Gasteiger partial charge is 0.00669 e. The van der Waals surface area contributed by atoms with Crippen molar-refractivity contribution >= 4 is 0 Å². The van der Waals surface area contributed by atoms with Gasteiger partial charge in [0, 0.05) is 12.1 Å². The number of hydrogen-bond acceptors (Lipinski definition) is 4. The third kappa shape index (κ3) is 9.51. The lowest BCUT2D eigenvalue weighted by Gasteiger charge is -2.33. The maximum absolute atomic E-state index is 3.64. The molecule has 0 radical (unpaired) electrons. The highest BCUT2D eigenvalue weighted by molar-refractivity contribution is 5.23. The van der Waals surface area contributed by atoms with Crippen molar-refractivity contribution in [2.45, 2.75) is 90.1 Å². The Hall–Kier alpha value is -0.940. The van der Waals surface area contributed by atoms with E-state index in [2.05, 4.69) is 58.5 Å². The Morgan fingerprint density at radius 1 is 0.656 bits per heavy atom. The average molecular weight is 443 g/mol. The molecule has 4 heteroatoms. The fourth-order valence-corrected chi connectivity index (χ4v) is 5.38. The molecule has 2 fully saturated rings. The molecule has 0 aromatic heterocycles. The van der Waals surface area contributed by atoms with Gasteiger partial charge in [-0.25, -0.2) is 0 Å². The van der Waals surface area contributed by atoms with Crippen molar-refractivity contribution in [1.29, 1.82) is 0 Å². The molecule has 0 bridgehead atoms. The van der Waals surface area contributed by atoms with Gasteiger partial charge in [0.15, 0.2) is 0 Å². The first-order valence-corrected chi connectivity index (χ1v) is 13.7. The number of piperidine rings is 2. The van der Waals surface area contributed by atoms with Gasteiger partial charge in [-0.15, -0.1) is 0 Å². The van der Waals surface area contributed by atoms with E-state index in [0.717, 1.165) is 51.1 Å². The van der Waals surface area contributed by atoms with Gasteiger partial charge in [-0.05, 0) is 129 Å². The molecule has 2 atom stereocenters. The Morgan fingerprint density at radius 3 is 1.50 bits per heavy atom. The Balaban J connectivity index is 1.17. The molecule has 0 amide bonds. The van der Waals surface area contributed by atoms with E-state index in [1.165, 1.54) is 88.7 Å². The molecule has 182 valence electrons. The first-order chi connectivity index (χ1) is 15.7. The van der Waals surface area contributed by atoms with Gasteiger partial charge in [-0.3, -0.25) is 0 Å². The van der Waals surface area contributed by atoms with Crippen molar-refractivity contribution in [1.82, 2.24) is 20.4 Å². The number of nitrogens with zero attached hydrogens (tertiary/aromatic N) is 2. The number of rotatable bonds is 14. The van der Waals surface area contributed by atoms with Crippen molar-refractivity contribution in [2.75, 3.05) is 52.4 Å². The van der Waals surface area contributed by atoms with Crippen LogP contribution in [0.4, 0.5) is 0 Å². The summed E-state index contributed by atoms with van der Waals surface area (Å²) in [6.45, 7) is 14.4. The van der Waals surface area contributed by atoms with E-state index < -0.39 is 0 Å². The number of nitrogens with one attached hydrogen (secondary N) is 2. The Bertz CT molecular complexity index is 549. The molecule has 2 unspecified atom stereocenters. The first kappa shape index (κ1) is 25.7. The fourth-order valence-electron chi connectivity index (χ4n) is 5.38.